The molecule has 0 saturated heterocycles. The van der Waals surface area contributed by atoms with Gasteiger partial charge in [0.05, 0.1) is 16.5 Å². The number of hydrogen-bond acceptors (Lipinski definition) is 5. The van der Waals surface area contributed by atoms with E-state index in [4.69, 9.17) is 11.0 Å². The van der Waals surface area contributed by atoms with Crippen LogP contribution in [-0.4, -0.2) is 29.8 Å². The lowest BCUT2D eigenvalue weighted by molar-refractivity contribution is 0.0742. The summed E-state index contributed by atoms with van der Waals surface area (Å²) in [6.45, 7) is 1.45. The average Bonchev–Trinajstić information content (AvgIpc) is 3.32. The van der Waals surface area contributed by atoms with Gasteiger partial charge in [-0.1, -0.05) is 18.2 Å². The third-order valence-corrected chi connectivity index (χ3v) is 5.38. The molecule has 0 unspecified atom stereocenters. The van der Waals surface area contributed by atoms with Crippen molar-refractivity contribution in [2.75, 3.05) is 18.4 Å². The molecule has 2 amide bonds. The largest absolute Gasteiger partial charge is 0.334 e. The highest BCUT2D eigenvalue weighted by Crippen LogP contribution is 2.17. The zero-order valence-corrected chi connectivity index (χ0v) is 17.2. The van der Waals surface area contributed by atoms with Gasteiger partial charge in [0.25, 0.3) is 11.8 Å². The number of carbonyl (C=O) groups excluding carboxylic acids is 2. The van der Waals surface area contributed by atoms with E-state index in [-0.39, 0.29) is 11.8 Å². The van der Waals surface area contributed by atoms with Crippen LogP contribution in [0.3, 0.4) is 0 Å². The fourth-order valence-corrected chi connectivity index (χ4v) is 3.54. The molecule has 0 aliphatic carbocycles. The molecule has 3 N–H and O–H groups in total. The van der Waals surface area contributed by atoms with Crippen LogP contribution in [0.4, 0.5) is 5.69 Å². The van der Waals surface area contributed by atoms with E-state index in [9.17, 15) is 9.59 Å². The lowest BCUT2D eigenvalue weighted by Crippen LogP contribution is -2.32. The van der Waals surface area contributed by atoms with Crippen LogP contribution in [0.25, 0.3) is 0 Å². The maximum absolute atomic E-state index is 12.9. The molecule has 0 bridgehead atoms. The predicted octanol–water partition coefficient (Wildman–Crippen LogP) is 3.86. The van der Waals surface area contributed by atoms with Crippen LogP contribution in [0.2, 0.25) is 0 Å². The van der Waals surface area contributed by atoms with Gasteiger partial charge in [-0.25, -0.2) is 0 Å². The summed E-state index contributed by atoms with van der Waals surface area (Å²) in [6.07, 6.45) is 0.691. The summed E-state index contributed by atoms with van der Waals surface area (Å²) in [6, 6.07) is 19.7. The van der Waals surface area contributed by atoms with Gasteiger partial charge in [0, 0.05) is 24.3 Å². The highest BCUT2D eigenvalue weighted by Gasteiger charge is 2.16. The summed E-state index contributed by atoms with van der Waals surface area (Å²) < 4.78 is 0. The summed E-state index contributed by atoms with van der Waals surface area (Å²) >= 11 is 1.39. The fourth-order valence-electron chi connectivity index (χ4n) is 2.92. The first-order valence-electron chi connectivity index (χ1n) is 9.54. The number of benzene rings is 2. The van der Waals surface area contributed by atoms with Crippen LogP contribution in [0.15, 0.2) is 66.0 Å². The first kappa shape index (κ1) is 21.2. The third kappa shape index (κ3) is 5.54. The zero-order chi connectivity index (χ0) is 21.3. The summed E-state index contributed by atoms with van der Waals surface area (Å²) in [5, 5.41) is 13.7. The van der Waals surface area contributed by atoms with Crippen LogP contribution in [-0.2, 0) is 6.54 Å². The van der Waals surface area contributed by atoms with Crippen molar-refractivity contribution in [3.8, 4) is 6.07 Å². The van der Waals surface area contributed by atoms with Crippen LogP contribution in [0, 0.1) is 11.3 Å². The number of nitrogens with zero attached hydrogens (tertiary/aromatic N) is 2. The Labute approximate surface area is 179 Å². The fraction of sp³-hybridized carbons (Fsp3) is 0.174. The number of rotatable bonds is 8. The Hall–Kier alpha value is -3.47. The highest BCUT2D eigenvalue weighted by molar-refractivity contribution is 7.12. The number of thiophene rings is 1. The Bertz CT molecular complexity index is 1020. The van der Waals surface area contributed by atoms with E-state index in [1.807, 2.05) is 35.7 Å². The van der Waals surface area contributed by atoms with Gasteiger partial charge < -0.3 is 16.0 Å². The van der Waals surface area contributed by atoms with E-state index in [2.05, 4.69) is 11.4 Å². The van der Waals surface area contributed by atoms with Crippen LogP contribution >= 0.6 is 11.3 Å². The standard InChI is InChI=1S/C23H22N4O2S/c24-12-2-13-27(23(29)19-8-4-17(15-25)5-9-19)16-18-6-10-20(11-7-18)26-22(28)21-3-1-14-30-21/h1,3-11,14H,2,12-13,16,24H2,(H,26,28). The molecule has 2 aromatic carbocycles. The van der Waals surface area contributed by atoms with E-state index >= 15 is 0 Å². The Balaban J connectivity index is 1.68. The quantitative estimate of drug-likeness (QED) is 0.580. The summed E-state index contributed by atoms with van der Waals surface area (Å²) in [5.41, 5.74) is 8.33. The van der Waals surface area contributed by atoms with Gasteiger partial charge in [-0.05, 0) is 66.4 Å². The molecule has 0 atom stereocenters. The molecular formula is C23H22N4O2S. The van der Waals surface area contributed by atoms with Gasteiger partial charge in [-0.15, -0.1) is 11.3 Å². The first-order chi connectivity index (χ1) is 14.6. The average molecular weight is 419 g/mol. The minimum atomic E-state index is -0.140. The van der Waals surface area contributed by atoms with E-state index in [1.165, 1.54) is 11.3 Å². The van der Waals surface area contributed by atoms with Crippen molar-refractivity contribution in [2.24, 2.45) is 5.73 Å². The molecular weight excluding hydrogens is 396 g/mol. The molecule has 1 aromatic heterocycles. The monoisotopic (exact) mass is 418 g/mol. The highest BCUT2D eigenvalue weighted by atomic mass is 32.1. The molecule has 0 aliphatic heterocycles. The molecule has 0 saturated carbocycles. The number of nitrogens with one attached hydrogen (secondary N) is 1. The molecule has 30 heavy (non-hydrogen) atoms. The Morgan fingerprint density at radius 1 is 1.07 bits per heavy atom. The summed E-state index contributed by atoms with van der Waals surface area (Å²) in [5.74, 6) is -0.249. The first-order valence-corrected chi connectivity index (χ1v) is 10.4. The second-order valence-corrected chi connectivity index (χ2v) is 7.63. The van der Waals surface area contributed by atoms with Gasteiger partial charge in [0.2, 0.25) is 0 Å². The molecule has 0 spiro atoms. The normalized spacial score (nSPS) is 10.3. The van der Waals surface area contributed by atoms with Crippen molar-refractivity contribution in [3.63, 3.8) is 0 Å². The minimum Gasteiger partial charge on any atom is -0.334 e. The van der Waals surface area contributed by atoms with E-state index in [0.29, 0.717) is 47.7 Å². The molecule has 1 heterocycles. The van der Waals surface area contributed by atoms with Crippen LogP contribution in [0.1, 0.15) is 37.6 Å². The van der Waals surface area contributed by atoms with Gasteiger partial charge in [-0.3, -0.25) is 9.59 Å². The van der Waals surface area contributed by atoms with Crippen molar-refractivity contribution in [2.45, 2.75) is 13.0 Å². The maximum Gasteiger partial charge on any atom is 0.265 e. The Morgan fingerprint density at radius 2 is 1.80 bits per heavy atom. The van der Waals surface area contributed by atoms with Gasteiger partial charge >= 0.3 is 0 Å². The van der Waals surface area contributed by atoms with Crippen molar-refractivity contribution in [3.05, 3.63) is 87.6 Å². The number of amides is 2. The molecule has 0 fully saturated rings. The van der Waals surface area contributed by atoms with Gasteiger partial charge in [0.15, 0.2) is 0 Å². The minimum absolute atomic E-state index is 0.108. The molecule has 152 valence electrons. The third-order valence-electron chi connectivity index (χ3n) is 4.51. The van der Waals surface area contributed by atoms with Crippen molar-refractivity contribution in [1.29, 1.82) is 5.26 Å². The lowest BCUT2D eigenvalue weighted by Gasteiger charge is -2.23. The maximum atomic E-state index is 12.9. The predicted molar refractivity (Wildman–Crippen MR) is 118 cm³/mol. The van der Waals surface area contributed by atoms with Crippen molar-refractivity contribution < 1.29 is 9.59 Å². The SMILES string of the molecule is N#Cc1ccc(C(=O)N(CCCN)Cc2ccc(NC(=O)c3cccs3)cc2)cc1. The van der Waals surface area contributed by atoms with Crippen molar-refractivity contribution >= 4 is 28.8 Å². The molecule has 0 aliphatic rings. The van der Waals surface area contributed by atoms with E-state index < -0.39 is 0 Å². The van der Waals surface area contributed by atoms with E-state index in [0.717, 1.165) is 5.56 Å². The Morgan fingerprint density at radius 3 is 2.40 bits per heavy atom. The van der Waals surface area contributed by atoms with Gasteiger partial charge in [0.1, 0.15) is 0 Å². The second kappa shape index (κ2) is 10.3. The van der Waals surface area contributed by atoms with E-state index in [1.54, 1.807) is 35.2 Å². The Kier molecular flexibility index (Phi) is 7.33. The van der Waals surface area contributed by atoms with Crippen LogP contribution < -0.4 is 11.1 Å². The molecule has 7 heteroatoms. The smallest absolute Gasteiger partial charge is 0.265 e. The summed E-state index contributed by atoms with van der Waals surface area (Å²) in [4.78, 5) is 27.5. The number of carbonyl (C=O) groups is 2. The number of nitrogens with two attached hydrogens (primary N) is 1. The molecule has 3 aromatic rings. The molecule has 3 rings (SSSR count). The molecule has 0 radical (unpaired) electrons. The topological polar surface area (TPSA) is 99.2 Å². The zero-order valence-electron chi connectivity index (χ0n) is 16.4. The second-order valence-electron chi connectivity index (χ2n) is 6.69. The number of nitriles is 1. The van der Waals surface area contributed by atoms with Crippen LogP contribution in [0.5, 0.6) is 0 Å². The molecule has 6 nitrogen and oxygen atoms in total. The van der Waals surface area contributed by atoms with Gasteiger partial charge in [-0.2, -0.15) is 5.26 Å². The number of hydrogen-bond donors (Lipinski definition) is 2. The summed E-state index contributed by atoms with van der Waals surface area (Å²) in [7, 11) is 0. The van der Waals surface area contributed by atoms with Crippen molar-refractivity contribution in [1.82, 2.24) is 4.90 Å². The number of anilines is 1. The lowest BCUT2D eigenvalue weighted by atomic mass is 10.1.